The lowest BCUT2D eigenvalue weighted by molar-refractivity contribution is 0.117. The van der Waals surface area contributed by atoms with Crippen molar-refractivity contribution < 1.29 is 17.9 Å². The molecule has 0 spiro atoms. The van der Waals surface area contributed by atoms with E-state index in [9.17, 15) is 17.9 Å². The van der Waals surface area contributed by atoms with E-state index in [1.165, 1.54) is 6.07 Å². The Kier molecular flexibility index (Phi) is 3.75. The number of halogens is 1. The quantitative estimate of drug-likeness (QED) is 0.909. The first kappa shape index (κ1) is 15.1. The molecule has 1 aromatic heterocycles. The predicted molar refractivity (Wildman–Crippen MR) is 78.0 cm³/mol. The summed E-state index contributed by atoms with van der Waals surface area (Å²) in [4.78, 5) is 0.0989. The van der Waals surface area contributed by atoms with Gasteiger partial charge in [-0.3, -0.25) is 0 Å². The molecule has 2 heterocycles. The number of hydrogen-bond acceptors (Lipinski definition) is 4. The number of hydrogen-bond donors (Lipinski definition) is 1. The van der Waals surface area contributed by atoms with Gasteiger partial charge in [0, 0.05) is 25.5 Å². The standard InChI is InChI=1S/C14H16FN3O3S/c1-10-3-4-11(18-6-2-5-16-18)7-14(10)22(20,21)17-8-12(15)13(19)9-17/h2-7,12-13,19H,8-9H2,1H3/t12-,13-/m1/s1. The van der Waals surface area contributed by atoms with Gasteiger partial charge in [0.25, 0.3) is 0 Å². The zero-order chi connectivity index (χ0) is 15.9. The number of nitrogens with zero attached hydrogens (tertiary/aromatic N) is 3. The van der Waals surface area contributed by atoms with Crippen molar-refractivity contribution in [3.8, 4) is 5.69 Å². The van der Waals surface area contributed by atoms with Crippen molar-refractivity contribution in [1.29, 1.82) is 0 Å². The van der Waals surface area contributed by atoms with Gasteiger partial charge in [-0.1, -0.05) is 6.07 Å². The molecule has 1 aromatic carbocycles. The van der Waals surface area contributed by atoms with Gasteiger partial charge in [0.1, 0.15) is 12.3 Å². The molecule has 0 radical (unpaired) electrons. The first-order valence-electron chi connectivity index (χ1n) is 6.82. The first-order valence-corrected chi connectivity index (χ1v) is 8.26. The topological polar surface area (TPSA) is 75.4 Å². The average molecular weight is 325 g/mol. The van der Waals surface area contributed by atoms with Crippen LogP contribution in [0.15, 0.2) is 41.6 Å². The third kappa shape index (κ3) is 2.53. The molecule has 2 aromatic rings. The summed E-state index contributed by atoms with van der Waals surface area (Å²) in [6.45, 7) is 1.13. The number of aryl methyl sites for hydroxylation is 1. The number of benzene rings is 1. The van der Waals surface area contributed by atoms with Crippen LogP contribution in [0, 0.1) is 6.92 Å². The van der Waals surface area contributed by atoms with E-state index in [-0.39, 0.29) is 18.0 Å². The number of rotatable bonds is 3. The Bertz CT molecular complexity index is 767. The van der Waals surface area contributed by atoms with Crippen LogP contribution in [0.3, 0.4) is 0 Å². The Morgan fingerprint density at radius 3 is 2.73 bits per heavy atom. The molecule has 8 heteroatoms. The highest BCUT2D eigenvalue weighted by molar-refractivity contribution is 7.89. The summed E-state index contributed by atoms with van der Waals surface area (Å²) in [6.07, 6.45) is 0.477. The minimum Gasteiger partial charge on any atom is -0.389 e. The van der Waals surface area contributed by atoms with Gasteiger partial charge in [-0.05, 0) is 30.7 Å². The number of sulfonamides is 1. The highest BCUT2D eigenvalue weighted by Crippen LogP contribution is 2.26. The van der Waals surface area contributed by atoms with E-state index < -0.39 is 22.3 Å². The van der Waals surface area contributed by atoms with Crippen molar-refractivity contribution >= 4 is 10.0 Å². The summed E-state index contributed by atoms with van der Waals surface area (Å²) in [5, 5.41) is 13.5. The smallest absolute Gasteiger partial charge is 0.243 e. The number of alkyl halides is 1. The largest absolute Gasteiger partial charge is 0.389 e. The fraction of sp³-hybridized carbons (Fsp3) is 0.357. The van der Waals surface area contributed by atoms with Gasteiger partial charge in [0.2, 0.25) is 10.0 Å². The van der Waals surface area contributed by atoms with Crippen LogP contribution in [0.5, 0.6) is 0 Å². The van der Waals surface area contributed by atoms with Crippen molar-refractivity contribution in [1.82, 2.24) is 14.1 Å². The van der Waals surface area contributed by atoms with Crippen LogP contribution < -0.4 is 0 Å². The second-order valence-corrected chi connectivity index (χ2v) is 7.21. The van der Waals surface area contributed by atoms with Gasteiger partial charge >= 0.3 is 0 Å². The van der Waals surface area contributed by atoms with Crippen molar-refractivity contribution in [2.45, 2.75) is 24.1 Å². The zero-order valence-electron chi connectivity index (χ0n) is 11.9. The van der Waals surface area contributed by atoms with Crippen molar-refractivity contribution in [3.05, 3.63) is 42.2 Å². The third-order valence-corrected chi connectivity index (χ3v) is 5.72. The van der Waals surface area contributed by atoms with E-state index >= 15 is 0 Å². The molecule has 0 bridgehead atoms. The van der Waals surface area contributed by atoms with Crippen LogP contribution in [0.1, 0.15) is 5.56 Å². The molecule has 1 aliphatic heterocycles. The van der Waals surface area contributed by atoms with E-state index in [2.05, 4.69) is 5.10 Å². The molecule has 1 N–H and O–H groups in total. The molecule has 0 aliphatic carbocycles. The first-order chi connectivity index (χ1) is 10.4. The molecule has 0 saturated carbocycles. The molecule has 0 unspecified atom stereocenters. The third-order valence-electron chi connectivity index (χ3n) is 3.74. The van der Waals surface area contributed by atoms with Crippen LogP contribution in [-0.4, -0.2) is 53.0 Å². The molecule has 118 valence electrons. The van der Waals surface area contributed by atoms with Crippen molar-refractivity contribution in [2.24, 2.45) is 0 Å². The van der Waals surface area contributed by atoms with Gasteiger partial charge in [0.15, 0.2) is 0 Å². The summed E-state index contributed by atoms with van der Waals surface area (Å²) in [6, 6.07) is 6.69. The van der Waals surface area contributed by atoms with Crippen LogP contribution in [0.4, 0.5) is 4.39 Å². The second kappa shape index (κ2) is 5.45. The summed E-state index contributed by atoms with van der Waals surface area (Å²) >= 11 is 0. The monoisotopic (exact) mass is 325 g/mol. The average Bonchev–Trinajstić information content (AvgIpc) is 3.10. The van der Waals surface area contributed by atoms with Gasteiger partial charge in [-0.15, -0.1) is 0 Å². The molecule has 6 nitrogen and oxygen atoms in total. The SMILES string of the molecule is Cc1ccc(-n2cccn2)cc1S(=O)(=O)N1C[C@@H](O)[C@H](F)C1. The molecule has 2 atom stereocenters. The summed E-state index contributed by atoms with van der Waals surface area (Å²) in [5.74, 6) is 0. The summed E-state index contributed by atoms with van der Waals surface area (Å²) in [7, 11) is -3.86. The number of aromatic nitrogens is 2. The van der Waals surface area contributed by atoms with E-state index in [4.69, 9.17) is 0 Å². The number of aliphatic hydroxyl groups is 1. The van der Waals surface area contributed by atoms with Crippen LogP contribution in [-0.2, 0) is 10.0 Å². The van der Waals surface area contributed by atoms with Gasteiger partial charge in [-0.2, -0.15) is 9.40 Å². The molecule has 1 saturated heterocycles. The molecular weight excluding hydrogens is 309 g/mol. The highest BCUT2D eigenvalue weighted by Gasteiger charge is 2.39. The summed E-state index contributed by atoms with van der Waals surface area (Å²) in [5.41, 5.74) is 1.17. The maximum Gasteiger partial charge on any atom is 0.243 e. The normalized spacial score (nSPS) is 23.0. The Hall–Kier alpha value is -1.77. The van der Waals surface area contributed by atoms with E-state index in [1.54, 1.807) is 42.2 Å². The van der Waals surface area contributed by atoms with E-state index in [0.29, 0.717) is 11.3 Å². The lowest BCUT2D eigenvalue weighted by Crippen LogP contribution is -2.30. The molecular formula is C14H16FN3O3S. The van der Waals surface area contributed by atoms with Crippen LogP contribution in [0.25, 0.3) is 5.69 Å². The highest BCUT2D eigenvalue weighted by atomic mass is 32.2. The second-order valence-electron chi connectivity index (χ2n) is 5.31. The number of β-amino-alcohol motifs (C(OH)–C–C–N with tert-alkyl or cyclic N) is 1. The molecule has 1 aliphatic rings. The Labute approximate surface area is 127 Å². The van der Waals surface area contributed by atoms with Crippen molar-refractivity contribution in [3.63, 3.8) is 0 Å². The van der Waals surface area contributed by atoms with Crippen molar-refractivity contribution in [2.75, 3.05) is 13.1 Å². The zero-order valence-corrected chi connectivity index (χ0v) is 12.7. The predicted octanol–water partition coefficient (Wildman–Crippen LogP) is 0.884. The van der Waals surface area contributed by atoms with Gasteiger partial charge in [0.05, 0.1) is 10.6 Å². The van der Waals surface area contributed by atoms with Gasteiger partial charge in [-0.25, -0.2) is 17.5 Å². The molecule has 0 amide bonds. The summed E-state index contributed by atoms with van der Waals surface area (Å²) < 4.78 is 41.4. The minimum absolute atomic E-state index is 0.0989. The maximum atomic E-state index is 13.4. The lowest BCUT2D eigenvalue weighted by Gasteiger charge is -2.18. The minimum atomic E-state index is -3.86. The fourth-order valence-electron chi connectivity index (χ4n) is 2.48. The Morgan fingerprint density at radius 1 is 1.36 bits per heavy atom. The molecule has 22 heavy (non-hydrogen) atoms. The van der Waals surface area contributed by atoms with Gasteiger partial charge < -0.3 is 5.11 Å². The maximum absolute atomic E-state index is 13.4. The van der Waals surface area contributed by atoms with E-state index in [1.807, 2.05) is 0 Å². The lowest BCUT2D eigenvalue weighted by atomic mass is 10.2. The Morgan fingerprint density at radius 2 is 2.14 bits per heavy atom. The molecule has 1 fully saturated rings. The number of aliphatic hydroxyl groups excluding tert-OH is 1. The van der Waals surface area contributed by atoms with Crippen LogP contribution in [0.2, 0.25) is 0 Å². The Balaban J connectivity index is 2.02. The fourth-order valence-corrected chi connectivity index (χ4v) is 4.19. The van der Waals surface area contributed by atoms with E-state index in [0.717, 1.165) is 4.31 Å². The van der Waals surface area contributed by atoms with Crippen LogP contribution >= 0.6 is 0 Å². The molecule has 3 rings (SSSR count).